The number of hydrogen-bond acceptors (Lipinski definition) is 8. The molecule has 6 rings (SSSR count). The summed E-state index contributed by atoms with van der Waals surface area (Å²) in [7, 11) is 0. The average Bonchev–Trinajstić information content (AvgIpc) is 3.23. The number of anilines is 2. The van der Waals surface area contributed by atoms with Crippen LogP contribution in [0.25, 0.3) is 0 Å². The van der Waals surface area contributed by atoms with Gasteiger partial charge in [0.2, 0.25) is 17.7 Å². The number of fused-ring (bicyclic) bond motifs is 1. The molecule has 1 atom stereocenters. The number of hydrogen-bond donors (Lipinski definition) is 3. The molecule has 214 valence electrons. The molecule has 4 N–H and O–H groups in total. The fraction of sp³-hybridized carbons (Fsp3) is 0.433. The van der Waals surface area contributed by atoms with Gasteiger partial charge in [-0.15, -0.1) is 0 Å². The van der Waals surface area contributed by atoms with Crippen molar-refractivity contribution < 1.29 is 24.0 Å². The highest BCUT2D eigenvalue weighted by Gasteiger charge is 2.44. The first-order valence-corrected chi connectivity index (χ1v) is 14.3. The molecular formula is C30H34N6O5. The SMILES string of the molecule is NC(=O)c1ccc(N2CCC(NC3CCN(c4ccc5c(c4)C(=O)N(C4CCC(=O)NC4=O)C5=O)CC3)CC2)cc1. The predicted octanol–water partition coefficient (Wildman–Crippen LogP) is 1.41. The molecule has 41 heavy (non-hydrogen) atoms. The predicted molar refractivity (Wildman–Crippen MR) is 152 cm³/mol. The molecule has 0 aromatic heterocycles. The number of nitrogens with two attached hydrogens (primary N) is 1. The minimum Gasteiger partial charge on any atom is -0.371 e. The van der Waals surface area contributed by atoms with Crippen LogP contribution in [0.2, 0.25) is 0 Å². The zero-order chi connectivity index (χ0) is 28.7. The van der Waals surface area contributed by atoms with E-state index in [1.54, 1.807) is 24.3 Å². The van der Waals surface area contributed by atoms with Crippen molar-refractivity contribution >= 4 is 40.9 Å². The summed E-state index contributed by atoms with van der Waals surface area (Å²) in [6.45, 7) is 3.56. The van der Waals surface area contributed by atoms with Gasteiger partial charge in [0, 0.05) is 61.6 Å². The number of imide groups is 2. The van der Waals surface area contributed by atoms with Gasteiger partial charge in [0.05, 0.1) is 11.1 Å². The van der Waals surface area contributed by atoms with Crippen molar-refractivity contribution in [3.8, 4) is 0 Å². The second-order valence-corrected chi connectivity index (χ2v) is 11.3. The van der Waals surface area contributed by atoms with Crippen molar-refractivity contribution in [3.63, 3.8) is 0 Å². The molecule has 1 unspecified atom stereocenters. The Morgan fingerprint density at radius 2 is 1.32 bits per heavy atom. The third-order valence-electron chi connectivity index (χ3n) is 8.77. The lowest BCUT2D eigenvalue weighted by Gasteiger charge is -2.39. The average molecular weight is 559 g/mol. The number of piperidine rings is 3. The van der Waals surface area contributed by atoms with E-state index in [1.807, 2.05) is 18.2 Å². The summed E-state index contributed by atoms with van der Waals surface area (Å²) in [5, 5.41) is 6.08. The number of carbonyl (C=O) groups is 5. The van der Waals surface area contributed by atoms with E-state index >= 15 is 0 Å². The van der Waals surface area contributed by atoms with E-state index < -0.39 is 29.7 Å². The Kier molecular flexibility index (Phi) is 7.21. The zero-order valence-electron chi connectivity index (χ0n) is 22.8. The van der Waals surface area contributed by atoms with Gasteiger partial charge in [0.1, 0.15) is 6.04 Å². The molecule has 5 amide bonds. The highest BCUT2D eigenvalue weighted by atomic mass is 16.2. The second-order valence-electron chi connectivity index (χ2n) is 11.3. The van der Waals surface area contributed by atoms with Gasteiger partial charge < -0.3 is 20.9 Å². The van der Waals surface area contributed by atoms with Crippen LogP contribution < -0.4 is 26.2 Å². The monoisotopic (exact) mass is 558 g/mol. The van der Waals surface area contributed by atoms with Gasteiger partial charge in [-0.25, -0.2) is 0 Å². The summed E-state index contributed by atoms with van der Waals surface area (Å²) in [6, 6.07) is 12.7. The van der Waals surface area contributed by atoms with Crippen LogP contribution in [0.5, 0.6) is 0 Å². The molecule has 0 spiro atoms. The fourth-order valence-electron chi connectivity index (χ4n) is 6.43. The number of rotatable bonds is 6. The normalized spacial score (nSPS) is 22.2. The first-order valence-electron chi connectivity index (χ1n) is 14.3. The van der Waals surface area contributed by atoms with Crippen LogP contribution in [-0.2, 0) is 9.59 Å². The Bertz CT molecular complexity index is 1390. The lowest BCUT2D eigenvalue weighted by Crippen LogP contribution is -2.54. The number of amides is 5. The number of nitrogens with one attached hydrogen (secondary N) is 2. The molecule has 11 nitrogen and oxygen atoms in total. The Labute approximate surface area is 238 Å². The third kappa shape index (κ3) is 5.29. The van der Waals surface area contributed by atoms with Gasteiger partial charge in [-0.2, -0.15) is 0 Å². The molecule has 3 fully saturated rings. The van der Waals surface area contributed by atoms with Crippen LogP contribution in [0.3, 0.4) is 0 Å². The Balaban J connectivity index is 1.01. The molecule has 4 aliphatic rings. The minimum atomic E-state index is -0.959. The zero-order valence-corrected chi connectivity index (χ0v) is 22.8. The molecule has 11 heteroatoms. The summed E-state index contributed by atoms with van der Waals surface area (Å²) >= 11 is 0. The first-order chi connectivity index (χ1) is 19.8. The van der Waals surface area contributed by atoms with Gasteiger partial charge in [-0.1, -0.05) is 0 Å². The van der Waals surface area contributed by atoms with E-state index in [2.05, 4.69) is 20.4 Å². The van der Waals surface area contributed by atoms with E-state index in [0.717, 1.165) is 68.1 Å². The Morgan fingerprint density at radius 1 is 0.756 bits per heavy atom. The molecule has 0 bridgehead atoms. The number of carbonyl (C=O) groups excluding carboxylic acids is 5. The smallest absolute Gasteiger partial charge is 0.262 e. The van der Waals surface area contributed by atoms with Gasteiger partial charge in [-0.05, 0) is 74.6 Å². The highest BCUT2D eigenvalue weighted by molar-refractivity contribution is 6.23. The van der Waals surface area contributed by atoms with Crippen LogP contribution in [-0.4, -0.2) is 78.7 Å². The quantitative estimate of drug-likeness (QED) is 0.452. The van der Waals surface area contributed by atoms with Crippen molar-refractivity contribution in [3.05, 3.63) is 59.2 Å². The van der Waals surface area contributed by atoms with Gasteiger partial charge in [0.25, 0.3) is 11.8 Å². The molecule has 4 heterocycles. The van der Waals surface area contributed by atoms with E-state index in [0.29, 0.717) is 28.8 Å². The van der Waals surface area contributed by atoms with E-state index in [-0.39, 0.29) is 18.7 Å². The molecule has 0 saturated carbocycles. The van der Waals surface area contributed by atoms with Crippen LogP contribution in [0.15, 0.2) is 42.5 Å². The minimum absolute atomic E-state index is 0.101. The summed E-state index contributed by atoms with van der Waals surface area (Å²) in [6.07, 6.45) is 4.28. The summed E-state index contributed by atoms with van der Waals surface area (Å²) in [5.41, 5.74) is 8.48. The van der Waals surface area contributed by atoms with Gasteiger partial charge >= 0.3 is 0 Å². The number of primary amides is 1. The Morgan fingerprint density at radius 3 is 1.90 bits per heavy atom. The van der Waals surface area contributed by atoms with Crippen LogP contribution in [0.4, 0.5) is 11.4 Å². The largest absolute Gasteiger partial charge is 0.371 e. The molecule has 2 aromatic carbocycles. The van der Waals surface area contributed by atoms with Crippen molar-refractivity contribution in [2.24, 2.45) is 5.73 Å². The fourth-order valence-corrected chi connectivity index (χ4v) is 6.43. The van der Waals surface area contributed by atoms with Crippen molar-refractivity contribution in [1.29, 1.82) is 0 Å². The second kappa shape index (κ2) is 11.0. The number of benzene rings is 2. The maximum Gasteiger partial charge on any atom is 0.262 e. The molecule has 2 aromatic rings. The van der Waals surface area contributed by atoms with E-state index in [1.165, 1.54) is 0 Å². The van der Waals surface area contributed by atoms with E-state index in [9.17, 15) is 24.0 Å². The van der Waals surface area contributed by atoms with Crippen LogP contribution in [0.1, 0.15) is 69.6 Å². The summed E-state index contributed by atoms with van der Waals surface area (Å²) in [5.74, 6) is -2.37. The third-order valence-corrected chi connectivity index (χ3v) is 8.77. The van der Waals surface area contributed by atoms with Crippen molar-refractivity contribution in [2.45, 2.75) is 56.7 Å². The maximum absolute atomic E-state index is 13.2. The highest BCUT2D eigenvalue weighted by Crippen LogP contribution is 2.32. The topological polar surface area (TPSA) is 145 Å². The van der Waals surface area contributed by atoms with Crippen LogP contribution in [0, 0.1) is 0 Å². The standard InChI is InChI=1S/C30H34N6O5/c31-27(38)18-1-3-21(4-2-18)34-13-9-19(10-14-34)32-20-11-15-35(16-12-20)22-5-6-23-24(17-22)30(41)36(29(23)40)25-7-8-26(37)33-28(25)39/h1-6,17,19-20,25,32H,7-16H2,(H2,31,38)(H,33,37,39). The maximum atomic E-state index is 13.2. The van der Waals surface area contributed by atoms with Crippen molar-refractivity contribution in [1.82, 2.24) is 15.5 Å². The summed E-state index contributed by atoms with van der Waals surface area (Å²) in [4.78, 5) is 66.9. The Hall–Kier alpha value is -4.25. The lowest BCUT2D eigenvalue weighted by molar-refractivity contribution is -0.136. The van der Waals surface area contributed by atoms with Gasteiger partial charge in [-0.3, -0.25) is 34.2 Å². The number of nitrogens with zero attached hydrogens (tertiary/aromatic N) is 3. The molecule has 0 radical (unpaired) electrons. The van der Waals surface area contributed by atoms with Gasteiger partial charge in [0.15, 0.2) is 0 Å². The van der Waals surface area contributed by atoms with Crippen molar-refractivity contribution in [2.75, 3.05) is 36.0 Å². The van der Waals surface area contributed by atoms with Crippen LogP contribution >= 0.6 is 0 Å². The van der Waals surface area contributed by atoms with E-state index in [4.69, 9.17) is 5.73 Å². The lowest BCUT2D eigenvalue weighted by atomic mass is 9.98. The molecule has 4 aliphatic heterocycles. The molecule has 3 saturated heterocycles. The molecular weight excluding hydrogens is 524 g/mol. The first kappa shape index (κ1) is 26.9. The molecule has 0 aliphatic carbocycles. The summed E-state index contributed by atoms with van der Waals surface area (Å²) < 4.78 is 0.